The maximum atomic E-state index is 12.6. The zero-order valence-electron chi connectivity index (χ0n) is 17.3. The van der Waals surface area contributed by atoms with Crippen molar-refractivity contribution in [2.24, 2.45) is 0 Å². The molecule has 0 aliphatic heterocycles. The number of rotatable bonds is 8. The second kappa shape index (κ2) is 10.7. The van der Waals surface area contributed by atoms with Crippen LogP contribution in [-0.4, -0.2) is 25.0 Å². The maximum Gasteiger partial charge on any atom is 0.279 e. The Morgan fingerprint density at radius 3 is 2.19 bits per heavy atom. The highest BCUT2D eigenvalue weighted by Gasteiger charge is 2.17. The van der Waals surface area contributed by atoms with Crippen molar-refractivity contribution in [1.29, 1.82) is 0 Å². The van der Waals surface area contributed by atoms with Gasteiger partial charge < -0.3 is 14.2 Å². The number of ether oxygens (including phenoxy) is 3. The van der Waals surface area contributed by atoms with Gasteiger partial charge in [0.15, 0.2) is 6.10 Å². The van der Waals surface area contributed by atoms with Crippen LogP contribution in [0.3, 0.4) is 0 Å². The Labute approximate surface area is 180 Å². The summed E-state index contributed by atoms with van der Waals surface area (Å²) in [5, 5.41) is 0. The summed E-state index contributed by atoms with van der Waals surface area (Å²) < 4.78 is 16.5. The van der Waals surface area contributed by atoms with E-state index in [0.29, 0.717) is 29.4 Å². The summed E-state index contributed by atoms with van der Waals surface area (Å²) in [6.07, 6.45) is -0.821. The molecule has 0 radical (unpaired) electrons. The van der Waals surface area contributed by atoms with Crippen molar-refractivity contribution < 1.29 is 23.8 Å². The Balaban J connectivity index is 1.54. The summed E-state index contributed by atoms with van der Waals surface area (Å²) in [5.41, 5.74) is 6.07. The Morgan fingerprint density at radius 2 is 1.48 bits per heavy atom. The molecule has 0 aliphatic carbocycles. The van der Waals surface area contributed by atoms with Crippen molar-refractivity contribution in [2.45, 2.75) is 19.6 Å². The molecule has 2 amide bonds. The average Bonchev–Trinajstić information content (AvgIpc) is 2.82. The molecular formula is C24H24N2O5. The van der Waals surface area contributed by atoms with Gasteiger partial charge in [-0.2, -0.15) is 0 Å². The highest BCUT2D eigenvalue weighted by molar-refractivity contribution is 5.98. The van der Waals surface area contributed by atoms with Gasteiger partial charge in [-0.1, -0.05) is 42.5 Å². The van der Waals surface area contributed by atoms with Crippen LogP contribution in [0.5, 0.6) is 17.2 Å². The third-order valence-corrected chi connectivity index (χ3v) is 4.41. The fourth-order valence-corrected chi connectivity index (χ4v) is 2.71. The van der Waals surface area contributed by atoms with Crippen LogP contribution in [0.1, 0.15) is 22.8 Å². The number of amides is 2. The van der Waals surface area contributed by atoms with Crippen molar-refractivity contribution in [1.82, 2.24) is 10.9 Å². The van der Waals surface area contributed by atoms with Crippen LogP contribution < -0.4 is 25.1 Å². The van der Waals surface area contributed by atoms with Crippen LogP contribution in [0, 0.1) is 0 Å². The second-order valence-electron chi connectivity index (χ2n) is 6.65. The van der Waals surface area contributed by atoms with Crippen molar-refractivity contribution in [3.05, 3.63) is 90.0 Å². The summed E-state index contributed by atoms with van der Waals surface area (Å²) in [5.74, 6) is 0.625. The van der Waals surface area contributed by atoms with E-state index >= 15 is 0 Å². The predicted octanol–water partition coefficient (Wildman–Crippen LogP) is 3.50. The second-order valence-corrected chi connectivity index (χ2v) is 6.65. The molecule has 0 saturated carbocycles. The molecule has 0 aromatic heterocycles. The average molecular weight is 420 g/mol. The van der Waals surface area contributed by atoms with Gasteiger partial charge >= 0.3 is 0 Å². The van der Waals surface area contributed by atoms with Gasteiger partial charge in [-0.3, -0.25) is 20.4 Å². The minimum absolute atomic E-state index is 0.308. The number of carbonyl (C=O) groups is 2. The van der Waals surface area contributed by atoms with Gasteiger partial charge in [-0.15, -0.1) is 0 Å². The molecule has 0 heterocycles. The van der Waals surface area contributed by atoms with E-state index in [9.17, 15) is 9.59 Å². The van der Waals surface area contributed by atoms with Gasteiger partial charge in [-0.05, 0) is 48.9 Å². The van der Waals surface area contributed by atoms with Crippen LogP contribution in [0.2, 0.25) is 0 Å². The number of carbonyl (C=O) groups excluding carboxylic acids is 2. The highest BCUT2D eigenvalue weighted by Crippen LogP contribution is 2.20. The fraction of sp³-hybridized carbons (Fsp3) is 0.167. The van der Waals surface area contributed by atoms with E-state index < -0.39 is 17.9 Å². The number of methoxy groups -OCH3 is 1. The first-order valence-electron chi connectivity index (χ1n) is 9.73. The first-order chi connectivity index (χ1) is 15.1. The monoisotopic (exact) mass is 420 g/mol. The van der Waals surface area contributed by atoms with Crippen LogP contribution >= 0.6 is 0 Å². The van der Waals surface area contributed by atoms with Crippen molar-refractivity contribution in [2.75, 3.05) is 7.11 Å². The van der Waals surface area contributed by atoms with Gasteiger partial charge in [0.05, 0.1) is 12.7 Å². The topological polar surface area (TPSA) is 85.9 Å². The van der Waals surface area contributed by atoms with Crippen molar-refractivity contribution in [3.8, 4) is 17.2 Å². The first-order valence-corrected chi connectivity index (χ1v) is 9.73. The SMILES string of the molecule is COc1ccc(O[C@H](C)C(=O)NNC(=O)c2ccccc2OCc2ccccc2)cc1. The molecule has 160 valence electrons. The standard InChI is InChI=1S/C24H24N2O5/c1-17(31-20-14-12-19(29-2)13-15-20)23(27)25-26-24(28)21-10-6-7-11-22(21)30-16-18-8-4-3-5-9-18/h3-15,17H,16H2,1-2H3,(H,25,27)(H,26,28)/t17-/m1/s1. The maximum absolute atomic E-state index is 12.6. The molecule has 3 rings (SSSR count). The van der Waals surface area contributed by atoms with Crippen LogP contribution in [-0.2, 0) is 11.4 Å². The number of hydrazine groups is 1. The molecule has 7 heteroatoms. The minimum atomic E-state index is -0.821. The summed E-state index contributed by atoms with van der Waals surface area (Å²) in [6, 6.07) is 23.3. The van der Waals surface area contributed by atoms with Gasteiger partial charge in [0, 0.05) is 0 Å². The Morgan fingerprint density at radius 1 is 0.839 bits per heavy atom. The molecule has 1 atom stereocenters. The highest BCUT2D eigenvalue weighted by atomic mass is 16.5. The summed E-state index contributed by atoms with van der Waals surface area (Å²) >= 11 is 0. The zero-order valence-corrected chi connectivity index (χ0v) is 17.3. The number of hydrogen-bond donors (Lipinski definition) is 2. The normalized spacial score (nSPS) is 11.2. The Hall–Kier alpha value is -4.00. The number of hydrogen-bond acceptors (Lipinski definition) is 5. The van der Waals surface area contributed by atoms with E-state index in [1.165, 1.54) is 0 Å². The van der Waals surface area contributed by atoms with E-state index in [-0.39, 0.29) is 0 Å². The summed E-state index contributed by atoms with van der Waals surface area (Å²) in [6.45, 7) is 1.91. The first kappa shape index (κ1) is 21.7. The number of para-hydroxylation sites is 1. The quantitative estimate of drug-likeness (QED) is 0.545. The van der Waals surface area contributed by atoms with Gasteiger partial charge in [0.25, 0.3) is 11.8 Å². The van der Waals surface area contributed by atoms with Gasteiger partial charge in [-0.25, -0.2) is 0 Å². The molecule has 31 heavy (non-hydrogen) atoms. The largest absolute Gasteiger partial charge is 0.497 e. The third-order valence-electron chi connectivity index (χ3n) is 4.41. The van der Waals surface area contributed by atoms with Gasteiger partial charge in [0.1, 0.15) is 23.9 Å². The van der Waals surface area contributed by atoms with E-state index in [0.717, 1.165) is 5.56 Å². The Bertz CT molecular complexity index is 1010. The third kappa shape index (κ3) is 6.24. The van der Waals surface area contributed by atoms with E-state index in [2.05, 4.69) is 10.9 Å². The molecule has 3 aromatic carbocycles. The van der Waals surface area contributed by atoms with E-state index in [1.54, 1.807) is 62.6 Å². The van der Waals surface area contributed by atoms with Crippen LogP contribution in [0.25, 0.3) is 0 Å². The lowest BCUT2D eigenvalue weighted by Gasteiger charge is -2.16. The van der Waals surface area contributed by atoms with Crippen LogP contribution in [0.15, 0.2) is 78.9 Å². The van der Waals surface area contributed by atoms with Gasteiger partial charge in [0.2, 0.25) is 0 Å². The lowest BCUT2D eigenvalue weighted by atomic mass is 10.2. The zero-order chi connectivity index (χ0) is 22.1. The van der Waals surface area contributed by atoms with Crippen molar-refractivity contribution >= 4 is 11.8 Å². The fourth-order valence-electron chi connectivity index (χ4n) is 2.71. The molecule has 7 nitrogen and oxygen atoms in total. The lowest BCUT2D eigenvalue weighted by Crippen LogP contribution is -2.47. The summed E-state index contributed by atoms with van der Waals surface area (Å²) in [7, 11) is 1.57. The molecule has 0 bridgehead atoms. The Kier molecular flexibility index (Phi) is 7.48. The van der Waals surface area contributed by atoms with E-state index in [4.69, 9.17) is 14.2 Å². The lowest BCUT2D eigenvalue weighted by molar-refractivity contribution is -0.128. The van der Waals surface area contributed by atoms with Crippen molar-refractivity contribution in [3.63, 3.8) is 0 Å². The number of benzene rings is 3. The molecule has 3 aromatic rings. The molecule has 0 unspecified atom stereocenters. The molecule has 0 fully saturated rings. The molecular weight excluding hydrogens is 396 g/mol. The molecule has 0 aliphatic rings. The smallest absolute Gasteiger partial charge is 0.279 e. The molecule has 2 N–H and O–H groups in total. The minimum Gasteiger partial charge on any atom is -0.497 e. The predicted molar refractivity (Wildman–Crippen MR) is 116 cm³/mol. The summed E-state index contributed by atoms with van der Waals surface area (Å²) in [4.78, 5) is 24.9. The number of nitrogens with one attached hydrogen (secondary N) is 2. The van der Waals surface area contributed by atoms with E-state index in [1.807, 2.05) is 30.3 Å². The molecule has 0 spiro atoms. The van der Waals surface area contributed by atoms with Crippen LogP contribution in [0.4, 0.5) is 0 Å². The molecule has 0 saturated heterocycles.